The van der Waals surface area contributed by atoms with E-state index in [2.05, 4.69) is 6.58 Å². The lowest BCUT2D eigenvalue weighted by Gasteiger charge is -2.17. The number of ether oxygens (including phenoxy) is 1. The van der Waals surface area contributed by atoms with Crippen LogP contribution < -0.4 is 0 Å². The van der Waals surface area contributed by atoms with Crippen LogP contribution in [0.2, 0.25) is 0 Å². The first-order chi connectivity index (χ1) is 5.07. The summed E-state index contributed by atoms with van der Waals surface area (Å²) in [5.41, 5.74) is 0.458. The third-order valence-electron chi connectivity index (χ3n) is 2.11. The van der Waals surface area contributed by atoms with Crippen molar-refractivity contribution in [1.29, 1.82) is 0 Å². The monoisotopic (exact) mass is 154 g/mol. The van der Waals surface area contributed by atoms with Crippen molar-refractivity contribution < 1.29 is 9.53 Å². The maximum Gasteiger partial charge on any atom is 0.151 e. The number of hydrogen-bond donors (Lipinski definition) is 0. The summed E-state index contributed by atoms with van der Waals surface area (Å²) < 4.78 is 5.49. The molecule has 11 heavy (non-hydrogen) atoms. The highest BCUT2D eigenvalue weighted by Crippen LogP contribution is 2.31. The Labute approximate surface area is 67.2 Å². The van der Waals surface area contributed by atoms with Crippen LogP contribution in [-0.4, -0.2) is 18.0 Å². The normalized spacial score (nSPS) is 37.1. The smallest absolute Gasteiger partial charge is 0.151 e. The Morgan fingerprint density at radius 1 is 1.82 bits per heavy atom. The van der Waals surface area contributed by atoms with Crippen molar-refractivity contribution in [3.63, 3.8) is 0 Å². The molecule has 1 fully saturated rings. The first kappa shape index (κ1) is 8.47. The van der Waals surface area contributed by atoms with Gasteiger partial charge in [0.25, 0.3) is 0 Å². The Hall–Kier alpha value is -0.630. The average Bonchev–Trinajstić information content (AvgIpc) is 2.33. The minimum Gasteiger partial charge on any atom is -0.360 e. The lowest BCUT2D eigenvalue weighted by atomic mass is 10.0. The highest BCUT2D eigenvalue weighted by molar-refractivity contribution is 5.62. The fraction of sp³-hybridized carbons (Fsp3) is 0.667. The van der Waals surface area contributed by atoms with Crippen LogP contribution in [0.15, 0.2) is 12.2 Å². The molecular formula is C9H14O2. The minimum atomic E-state index is -0.552. The zero-order valence-electron chi connectivity index (χ0n) is 7.09. The van der Waals surface area contributed by atoms with Crippen LogP contribution in [0.5, 0.6) is 0 Å². The maximum atomic E-state index is 10.5. The summed E-state index contributed by atoms with van der Waals surface area (Å²) in [5, 5.41) is 0. The molecule has 0 aliphatic carbocycles. The topological polar surface area (TPSA) is 26.3 Å². The van der Waals surface area contributed by atoms with E-state index in [0.29, 0.717) is 0 Å². The third-order valence-corrected chi connectivity index (χ3v) is 2.11. The van der Waals surface area contributed by atoms with Crippen molar-refractivity contribution in [2.24, 2.45) is 0 Å². The van der Waals surface area contributed by atoms with Gasteiger partial charge >= 0.3 is 0 Å². The fourth-order valence-electron chi connectivity index (χ4n) is 1.29. The minimum absolute atomic E-state index is 0.0881. The van der Waals surface area contributed by atoms with Gasteiger partial charge in [0.15, 0.2) is 6.29 Å². The van der Waals surface area contributed by atoms with E-state index >= 15 is 0 Å². The molecule has 1 aliphatic rings. The number of hydrogen-bond acceptors (Lipinski definition) is 2. The SMILES string of the molecule is C=C(C)C1CCC(C)(C=O)O1. The predicted molar refractivity (Wildman–Crippen MR) is 43.4 cm³/mol. The summed E-state index contributed by atoms with van der Waals surface area (Å²) in [7, 11) is 0. The van der Waals surface area contributed by atoms with Crippen molar-refractivity contribution in [3.8, 4) is 0 Å². The number of aldehydes is 1. The molecule has 0 saturated carbocycles. The Kier molecular flexibility index (Phi) is 2.14. The molecule has 2 nitrogen and oxygen atoms in total. The second-order valence-electron chi connectivity index (χ2n) is 3.42. The molecule has 0 aromatic rings. The van der Waals surface area contributed by atoms with Gasteiger partial charge < -0.3 is 9.53 Å². The second kappa shape index (κ2) is 2.78. The molecular weight excluding hydrogens is 140 g/mol. The lowest BCUT2D eigenvalue weighted by molar-refractivity contribution is -0.126. The van der Waals surface area contributed by atoms with E-state index in [1.54, 1.807) is 0 Å². The zero-order valence-corrected chi connectivity index (χ0v) is 7.09. The number of carbonyl (C=O) groups excluding carboxylic acids is 1. The highest BCUT2D eigenvalue weighted by atomic mass is 16.5. The zero-order chi connectivity index (χ0) is 8.48. The molecule has 2 unspecified atom stereocenters. The number of carbonyl (C=O) groups is 1. The van der Waals surface area contributed by atoms with E-state index in [-0.39, 0.29) is 6.10 Å². The Balaban J connectivity index is 2.59. The Morgan fingerprint density at radius 2 is 2.45 bits per heavy atom. The van der Waals surface area contributed by atoms with Crippen LogP contribution in [-0.2, 0) is 9.53 Å². The molecule has 1 heterocycles. The molecule has 0 spiro atoms. The lowest BCUT2D eigenvalue weighted by Crippen LogP contribution is -2.26. The van der Waals surface area contributed by atoms with E-state index in [1.807, 2.05) is 13.8 Å². The highest BCUT2D eigenvalue weighted by Gasteiger charge is 2.35. The van der Waals surface area contributed by atoms with E-state index in [4.69, 9.17) is 4.74 Å². The molecule has 0 radical (unpaired) electrons. The molecule has 0 aromatic heterocycles. The molecule has 2 heteroatoms. The summed E-state index contributed by atoms with van der Waals surface area (Å²) in [6.45, 7) is 7.55. The summed E-state index contributed by atoms with van der Waals surface area (Å²) >= 11 is 0. The van der Waals surface area contributed by atoms with Gasteiger partial charge in [-0.2, -0.15) is 0 Å². The molecule has 0 N–H and O–H groups in total. The summed E-state index contributed by atoms with van der Waals surface area (Å²) in [6, 6.07) is 0. The fourth-order valence-corrected chi connectivity index (χ4v) is 1.29. The summed E-state index contributed by atoms with van der Waals surface area (Å²) in [4.78, 5) is 10.5. The summed E-state index contributed by atoms with van der Waals surface area (Å²) in [6.07, 6.45) is 2.71. The molecule has 62 valence electrons. The third kappa shape index (κ3) is 1.69. The standard InChI is InChI=1S/C9H14O2/c1-7(2)8-4-5-9(3,6-10)11-8/h6,8H,1,4-5H2,2-3H3. The molecule has 0 amide bonds. The first-order valence-electron chi connectivity index (χ1n) is 3.87. The van der Waals surface area contributed by atoms with Crippen LogP contribution in [0.1, 0.15) is 26.7 Å². The molecule has 1 aliphatic heterocycles. The van der Waals surface area contributed by atoms with E-state index < -0.39 is 5.60 Å². The first-order valence-corrected chi connectivity index (χ1v) is 3.87. The van der Waals surface area contributed by atoms with E-state index in [9.17, 15) is 4.79 Å². The largest absolute Gasteiger partial charge is 0.360 e. The van der Waals surface area contributed by atoms with E-state index in [1.165, 1.54) is 0 Å². The molecule has 0 bridgehead atoms. The molecule has 1 saturated heterocycles. The van der Waals surface area contributed by atoms with Crippen LogP contribution in [0, 0.1) is 0 Å². The van der Waals surface area contributed by atoms with Crippen molar-refractivity contribution in [2.45, 2.75) is 38.4 Å². The van der Waals surface area contributed by atoms with Crippen LogP contribution >= 0.6 is 0 Å². The van der Waals surface area contributed by atoms with Gasteiger partial charge in [-0.15, -0.1) is 0 Å². The Bertz CT molecular complexity index is 186. The molecule has 2 atom stereocenters. The second-order valence-corrected chi connectivity index (χ2v) is 3.42. The molecule has 0 aromatic carbocycles. The van der Waals surface area contributed by atoms with Gasteiger partial charge in [-0.25, -0.2) is 0 Å². The van der Waals surface area contributed by atoms with E-state index in [0.717, 1.165) is 24.7 Å². The van der Waals surface area contributed by atoms with Crippen molar-refractivity contribution in [3.05, 3.63) is 12.2 Å². The van der Waals surface area contributed by atoms with Crippen molar-refractivity contribution >= 4 is 6.29 Å². The van der Waals surface area contributed by atoms with Gasteiger partial charge in [-0.1, -0.05) is 12.2 Å². The van der Waals surface area contributed by atoms with Gasteiger partial charge in [0, 0.05) is 0 Å². The average molecular weight is 154 g/mol. The van der Waals surface area contributed by atoms with Gasteiger partial charge in [0.1, 0.15) is 5.60 Å². The van der Waals surface area contributed by atoms with Crippen molar-refractivity contribution in [2.75, 3.05) is 0 Å². The Morgan fingerprint density at radius 3 is 2.73 bits per heavy atom. The predicted octanol–water partition coefficient (Wildman–Crippen LogP) is 1.70. The van der Waals surface area contributed by atoms with Crippen LogP contribution in [0.3, 0.4) is 0 Å². The van der Waals surface area contributed by atoms with Gasteiger partial charge in [0.2, 0.25) is 0 Å². The molecule has 1 rings (SSSR count). The number of rotatable bonds is 2. The van der Waals surface area contributed by atoms with Crippen molar-refractivity contribution in [1.82, 2.24) is 0 Å². The van der Waals surface area contributed by atoms with Gasteiger partial charge in [-0.05, 0) is 26.7 Å². The quantitative estimate of drug-likeness (QED) is 0.447. The van der Waals surface area contributed by atoms with Crippen LogP contribution in [0.4, 0.5) is 0 Å². The summed E-state index contributed by atoms with van der Waals surface area (Å²) in [5.74, 6) is 0. The van der Waals surface area contributed by atoms with Crippen LogP contribution in [0.25, 0.3) is 0 Å². The van der Waals surface area contributed by atoms with Gasteiger partial charge in [0.05, 0.1) is 6.10 Å². The maximum absolute atomic E-state index is 10.5. The van der Waals surface area contributed by atoms with Gasteiger partial charge in [-0.3, -0.25) is 0 Å².